The van der Waals surface area contributed by atoms with Crippen molar-refractivity contribution in [1.82, 2.24) is 10.2 Å². The second kappa shape index (κ2) is 6.58. The Morgan fingerprint density at radius 3 is 2.50 bits per heavy atom. The van der Waals surface area contributed by atoms with E-state index in [4.69, 9.17) is 4.74 Å². The second-order valence-corrected chi connectivity index (χ2v) is 5.65. The van der Waals surface area contributed by atoms with Gasteiger partial charge < -0.3 is 14.8 Å². The molecule has 0 aromatic heterocycles. The zero-order valence-corrected chi connectivity index (χ0v) is 12.4. The first kappa shape index (κ1) is 16.3. The van der Waals surface area contributed by atoms with Crippen molar-refractivity contribution in [2.24, 2.45) is 0 Å². The molecule has 3 amide bonds. The van der Waals surface area contributed by atoms with Crippen molar-refractivity contribution in [3.63, 3.8) is 0 Å². The van der Waals surface area contributed by atoms with Gasteiger partial charge in [0, 0.05) is 6.54 Å². The van der Waals surface area contributed by atoms with Gasteiger partial charge in [-0.05, 0) is 40.0 Å². The van der Waals surface area contributed by atoms with Gasteiger partial charge >= 0.3 is 12.2 Å². The Kier molecular flexibility index (Phi) is 5.35. The molecule has 1 aliphatic heterocycles. The van der Waals surface area contributed by atoms with E-state index in [0.717, 1.165) is 11.3 Å². The maximum absolute atomic E-state index is 12.2. The van der Waals surface area contributed by atoms with Crippen LogP contribution in [0, 0.1) is 0 Å². The molecule has 114 valence electrons. The Hall–Kier alpha value is -1.79. The van der Waals surface area contributed by atoms with E-state index in [1.807, 2.05) is 0 Å². The van der Waals surface area contributed by atoms with Crippen molar-refractivity contribution in [2.75, 3.05) is 13.7 Å². The largest absolute Gasteiger partial charge is 0.452 e. The minimum absolute atomic E-state index is 0.304. The van der Waals surface area contributed by atoms with Crippen molar-refractivity contribution in [1.29, 1.82) is 0 Å². The molecule has 0 aromatic carbocycles. The molecule has 1 rings (SSSR count). The van der Waals surface area contributed by atoms with Gasteiger partial charge in [-0.15, -0.1) is 0 Å². The minimum Gasteiger partial charge on any atom is -0.452 e. The Morgan fingerprint density at radius 2 is 1.95 bits per heavy atom. The number of carbonyl (C=O) groups is 3. The fraction of sp³-hybridized carbons (Fsp3) is 0.769. The molecule has 1 fully saturated rings. The number of likely N-dealkylation sites (tertiary alicyclic amines) is 1. The van der Waals surface area contributed by atoms with Crippen LogP contribution in [-0.2, 0) is 14.3 Å². The minimum atomic E-state index is -0.758. The molecular weight excluding hydrogens is 264 g/mol. The van der Waals surface area contributed by atoms with Crippen LogP contribution in [0.15, 0.2) is 0 Å². The number of methoxy groups -OCH3 is 1. The van der Waals surface area contributed by atoms with E-state index in [-0.39, 0.29) is 0 Å². The molecule has 0 aromatic rings. The number of hydrogen-bond donors (Lipinski definition) is 1. The maximum Gasteiger partial charge on any atom is 0.416 e. The first-order valence-corrected chi connectivity index (χ1v) is 6.63. The number of carbonyl (C=O) groups excluding carboxylic acids is 3. The summed E-state index contributed by atoms with van der Waals surface area (Å²) in [5, 5.41) is 2.51. The molecular formula is C13H22N2O5. The molecule has 0 radical (unpaired) electrons. The van der Waals surface area contributed by atoms with Crippen molar-refractivity contribution in [3.05, 3.63) is 0 Å². The molecule has 0 saturated carbocycles. The molecule has 1 aliphatic rings. The summed E-state index contributed by atoms with van der Waals surface area (Å²) >= 11 is 0. The Bertz CT molecular complexity index is 389. The Labute approximate surface area is 118 Å². The highest BCUT2D eigenvalue weighted by atomic mass is 16.6. The van der Waals surface area contributed by atoms with Crippen LogP contribution in [0.4, 0.5) is 9.59 Å². The van der Waals surface area contributed by atoms with Crippen LogP contribution in [0.25, 0.3) is 0 Å². The van der Waals surface area contributed by atoms with Gasteiger partial charge in [0.1, 0.15) is 11.6 Å². The highest BCUT2D eigenvalue weighted by Crippen LogP contribution is 2.14. The summed E-state index contributed by atoms with van der Waals surface area (Å²) in [6.07, 6.45) is 0.536. The average molecular weight is 286 g/mol. The molecule has 0 unspecified atom stereocenters. The number of imide groups is 1. The van der Waals surface area contributed by atoms with Gasteiger partial charge in [-0.25, -0.2) is 14.5 Å². The van der Waals surface area contributed by atoms with Crippen LogP contribution in [0.3, 0.4) is 0 Å². The number of amides is 3. The van der Waals surface area contributed by atoms with Gasteiger partial charge in [0.15, 0.2) is 0 Å². The zero-order chi connectivity index (χ0) is 15.3. The van der Waals surface area contributed by atoms with Crippen molar-refractivity contribution < 1.29 is 23.9 Å². The van der Waals surface area contributed by atoms with Gasteiger partial charge in [0.25, 0.3) is 5.91 Å². The van der Waals surface area contributed by atoms with Crippen LogP contribution in [0.2, 0.25) is 0 Å². The third-order valence-electron chi connectivity index (χ3n) is 2.77. The van der Waals surface area contributed by atoms with E-state index < -0.39 is 29.7 Å². The van der Waals surface area contributed by atoms with Crippen LogP contribution in [-0.4, -0.2) is 48.3 Å². The smallest absolute Gasteiger partial charge is 0.416 e. The molecule has 0 spiro atoms. The highest BCUT2D eigenvalue weighted by Gasteiger charge is 2.33. The van der Waals surface area contributed by atoms with Gasteiger partial charge in [-0.3, -0.25) is 4.79 Å². The molecule has 1 N–H and O–H groups in total. The lowest BCUT2D eigenvalue weighted by molar-refractivity contribution is -0.131. The summed E-state index contributed by atoms with van der Waals surface area (Å²) in [7, 11) is 1.22. The molecule has 0 aliphatic carbocycles. The van der Waals surface area contributed by atoms with E-state index in [0.29, 0.717) is 19.4 Å². The monoisotopic (exact) mass is 286 g/mol. The van der Waals surface area contributed by atoms with Crippen molar-refractivity contribution >= 4 is 18.1 Å². The predicted molar refractivity (Wildman–Crippen MR) is 71.1 cm³/mol. The van der Waals surface area contributed by atoms with Gasteiger partial charge in [-0.1, -0.05) is 0 Å². The SMILES string of the molecule is COC(=O)N1CCCC[C@@H](NC(=O)OC(C)(C)C)C1=O. The summed E-state index contributed by atoms with van der Waals surface area (Å²) in [6.45, 7) is 5.52. The third kappa shape index (κ3) is 4.71. The highest BCUT2D eigenvalue weighted by molar-refractivity contribution is 5.96. The van der Waals surface area contributed by atoms with Gasteiger partial charge in [-0.2, -0.15) is 0 Å². The van der Waals surface area contributed by atoms with Crippen molar-refractivity contribution in [3.8, 4) is 0 Å². The van der Waals surface area contributed by atoms with E-state index in [9.17, 15) is 14.4 Å². The number of hydrogen-bond acceptors (Lipinski definition) is 5. The summed E-state index contributed by atoms with van der Waals surface area (Å²) in [5.41, 5.74) is -0.639. The van der Waals surface area contributed by atoms with E-state index in [1.165, 1.54) is 7.11 Å². The molecule has 7 heteroatoms. The number of alkyl carbamates (subject to hydrolysis) is 1. The number of ether oxygens (including phenoxy) is 2. The predicted octanol–water partition coefficient (Wildman–Crippen LogP) is 1.66. The van der Waals surface area contributed by atoms with E-state index in [2.05, 4.69) is 10.1 Å². The lowest BCUT2D eigenvalue weighted by Crippen LogP contribution is -2.50. The standard InChI is InChI=1S/C13H22N2O5/c1-13(2,3)20-11(17)14-9-7-5-6-8-15(10(9)16)12(18)19-4/h9H,5-8H2,1-4H3,(H,14,17)/t9-/m1/s1. The quantitative estimate of drug-likeness (QED) is 0.792. The Balaban J connectivity index is 2.70. The summed E-state index contributed by atoms with van der Waals surface area (Å²) < 4.78 is 9.69. The van der Waals surface area contributed by atoms with Gasteiger partial charge in [0.2, 0.25) is 0 Å². The first-order chi connectivity index (χ1) is 9.24. The number of nitrogens with zero attached hydrogens (tertiary/aromatic N) is 1. The Morgan fingerprint density at radius 1 is 1.30 bits per heavy atom. The topological polar surface area (TPSA) is 84.9 Å². The molecule has 1 heterocycles. The molecule has 20 heavy (non-hydrogen) atoms. The second-order valence-electron chi connectivity index (χ2n) is 5.65. The van der Waals surface area contributed by atoms with Crippen LogP contribution in [0.1, 0.15) is 40.0 Å². The zero-order valence-electron chi connectivity index (χ0n) is 12.4. The van der Waals surface area contributed by atoms with E-state index in [1.54, 1.807) is 20.8 Å². The van der Waals surface area contributed by atoms with Crippen LogP contribution < -0.4 is 5.32 Å². The lowest BCUT2D eigenvalue weighted by Gasteiger charge is -2.24. The summed E-state index contributed by atoms with van der Waals surface area (Å²) in [5.74, 6) is -0.458. The number of rotatable bonds is 1. The maximum atomic E-state index is 12.2. The van der Waals surface area contributed by atoms with Crippen LogP contribution in [0.5, 0.6) is 0 Å². The molecule has 7 nitrogen and oxygen atoms in total. The molecule has 1 saturated heterocycles. The lowest BCUT2D eigenvalue weighted by atomic mass is 10.1. The van der Waals surface area contributed by atoms with Gasteiger partial charge in [0.05, 0.1) is 7.11 Å². The third-order valence-corrected chi connectivity index (χ3v) is 2.77. The molecule has 1 atom stereocenters. The van der Waals surface area contributed by atoms with Crippen LogP contribution >= 0.6 is 0 Å². The fourth-order valence-corrected chi connectivity index (χ4v) is 1.92. The van der Waals surface area contributed by atoms with Crippen molar-refractivity contribution in [2.45, 2.75) is 51.7 Å². The first-order valence-electron chi connectivity index (χ1n) is 6.63. The normalized spacial score (nSPS) is 20.1. The average Bonchev–Trinajstić information content (AvgIpc) is 2.49. The fourth-order valence-electron chi connectivity index (χ4n) is 1.92. The summed E-state index contributed by atoms with van der Waals surface area (Å²) in [4.78, 5) is 36.5. The molecule has 0 bridgehead atoms. The number of nitrogens with one attached hydrogen (secondary N) is 1. The summed E-state index contributed by atoms with van der Waals surface area (Å²) in [6, 6.07) is -0.758. The van der Waals surface area contributed by atoms with E-state index >= 15 is 0 Å².